The van der Waals surface area contributed by atoms with Crippen LogP contribution in [0, 0.1) is 0 Å². The lowest BCUT2D eigenvalue weighted by atomic mass is 10.1. The first-order valence-electron chi connectivity index (χ1n) is 6.23. The van der Waals surface area contributed by atoms with E-state index in [1.54, 1.807) is 0 Å². The van der Waals surface area contributed by atoms with E-state index in [4.69, 9.17) is 0 Å². The monoisotopic (exact) mass is 305 g/mol. The number of halogens is 3. The molecular formula is C16H10F3NS. The predicted octanol–water partition coefficient (Wildman–Crippen LogP) is 5.40. The smallest absolute Gasteiger partial charge is 0.249 e. The number of hydrogen-bond donors (Lipinski definition) is 0. The Balaban J connectivity index is 1.92. The molecule has 3 rings (SSSR count). The quantitative estimate of drug-likeness (QED) is 0.628. The van der Waals surface area contributed by atoms with Gasteiger partial charge in [0, 0.05) is 11.1 Å². The van der Waals surface area contributed by atoms with Gasteiger partial charge in [0.15, 0.2) is 0 Å². The van der Waals surface area contributed by atoms with Crippen molar-refractivity contribution in [2.75, 3.05) is 0 Å². The Hall–Kier alpha value is -2.01. The fourth-order valence-electron chi connectivity index (χ4n) is 2.01. The van der Waals surface area contributed by atoms with Gasteiger partial charge in [-0.25, -0.2) is 4.98 Å². The van der Waals surface area contributed by atoms with Gasteiger partial charge in [0.2, 0.25) is 0 Å². The van der Waals surface area contributed by atoms with Gasteiger partial charge >= 0.3 is 6.18 Å². The van der Waals surface area contributed by atoms with Gasteiger partial charge in [0.1, 0.15) is 5.03 Å². The van der Waals surface area contributed by atoms with E-state index in [0.29, 0.717) is 5.03 Å². The molecule has 2 aromatic carbocycles. The van der Waals surface area contributed by atoms with E-state index >= 15 is 0 Å². The zero-order valence-corrected chi connectivity index (χ0v) is 11.6. The Kier molecular flexibility index (Phi) is 3.59. The maximum absolute atomic E-state index is 12.5. The van der Waals surface area contributed by atoms with Crippen molar-refractivity contribution >= 4 is 22.5 Å². The summed E-state index contributed by atoms with van der Waals surface area (Å²) < 4.78 is 37.5. The second-order valence-corrected chi connectivity index (χ2v) is 5.52. The Bertz CT molecular complexity index is 761. The van der Waals surface area contributed by atoms with E-state index in [2.05, 4.69) is 4.98 Å². The molecule has 5 heteroatoms. The van der Waals surface area contributed by atoms with Crippen molar-refractivity contribution in [2.45, 2.75) is 16.1 Å². The summed E-state index contributed by atoms with van der Waals surface area (Å²) in [5, 5.41) is 2.69. The molecule has 0 aliphatic rings. The second-order valence-electron chi connectivity index (χ2n) is 4.46. The van der Waals surface area contributed by atoms with Gasteiger partial charge in [-0.05, 0) is 29.0 Å². The predicted molar refractivity (Wildman–Crippen MR) is 77.3 cm³/mol. The molecule has 1 heterocycles. The maximum Gasteiger partial charge on any atom is 0.417 e. The number of alkyl halides is 3. The molecule has 1 nitrogen and oxygen atoms in total. The molecule has 0 saturated heterocycles. The molecule has 106 valence electrons. The largest absolute Gasteiger partial charge is 0.417 e. The molecular weight excluding hydrogens is 295 g/mol. The lowest BCUT2D eigenvalue weighted by Gasteiger charge is -2.08. The van der Waals surface area contributed by atoms with E-state index in [-0.39, 0.29) is 0 Å². The maximum atomic E-state index is 12.5. The zero-order valence-electron chi connectivity index (χ0n) is 10.8. The molecule has 0 atom stereocenters. The summed E-state index contributed by atoms with van der Waals surface area (Å²) >= 11 is 1.36. The minimum Gasteiger partial charge on any atom is -0.249 e. The average Bonchev–Trinajstić information content (AvgIpc) is 2.47. The zero-order chi connectivity index (χ0) is 14.9. The number of fused-ring (bicyclic) bond motifs is 1. The summed E-state index contributed by atoms with van der Waals surface area (Å²) in [7, 11) is 0. The molecule has 1 aromatic heterocycles. The van der Waals surface area contributed by atoms with Gasteiger partial charge in [-0.2, -0.15) is 13.2 Å². The molecule has 0 amide bonds. The van der Waals surface area contributed by atoms with E-state index in [1.165, 1.54) is 17.8 Å². The van der Waals surface area contributed by atoms with Gasteiger partial charge in [0.25, 0.3) is 0 Å². The molecule has 0 aliphatic heterocycles. The minimum atomic E-state index is -4.35. The number of aromatic nitrogens is 1. The van der Waals surface area contributed by atoms with Crippen LogP contribution in [0.5, 0.6) is 0 Å². The van der Waals surface area contributed by atoms with Crippen LogP contribution in [0.15, 0.2) is 70.7 Å². The van der Waals surface area contributed by atoms with E-state index in [0.717, 1.165) is 27.9 Å². The van der Waals surface area contributed by atoms with Crippen LogP contribution in [0.25, 0.3) is 10.8 Å². The van der Waals surface area contributed by atoms with Crippen molar-refractivity contribution in [1.82, 2.24) is 4.98 Å². The van der Waals surface area contributed by atoms with Gasteiger partial charge in [-0.1, -0.05) is 48.2 Å². The van der Waals surface area contributed by atoms with Crippen molar-refractivity contribution in [2.24, 2.45) is 0 Å². The van der Waals surface area contributed by atoms with E-state index < -0.39 is 11.7 Å². The Morgan fingerprint density at radius 1 is 0.857 bits per heavy atom. The molecule has 0 unspecified atom stereocenters. The van der Waals surface area contributed by atoms with Crippen molar-refractivity contribution in [3.05, 3.63) is 66.4 Å². The summed E-state index contributed by atoms with van der Waals surface area (Å²) in [4.78, 5) is 4.86. The minimum absolute atomic E-state index is 0.541. The molecule has 0 saturated carbocycles. The number of rotatable bonds is 2. The second kappa shape index (κ2) is 5.41. The Labute approximate surface area is 123 Å². The van der Waals surface area contributed by atoms with E-state index in [9.17, 15) is 13.2 Å². The van der Waals surface area contributed by atoms with Crippen LogP contribution in [0.4, 0.5) is 13.2 Å². The number of nitrogens with zero attached hydrogens (tertiary/aromatic N) is 1. The Morgan fingerprint density at radius 3 is 2.33 bits per heavy atom. The summed E-state index contributed by atoms with van der Waals surface area (Å²) in [6.07, 6.45) is -3.48. The van der Waals surface area contributed by atoms with Crippen molar-refractivity contribution in [3.8, 4) is 0 Å². The normalized spacial score (nSPS) is 11.8. The molecule has 3 aromatic rings. The fraction of sp³-hybridized carbons (Fsp3) is 0.0625. The van der Waals surface area contributed by atoms with Gasteiger partial charge in [0.05, 0.1) is 5.56 Å². The lowest BCUT2D eigenvalue weighted by molar-refractivity contribution is -0.137. The average molecular weight is 305 g/mol. The van der Waals surface area contributed by atoms with Gasteiger partial charge in [-0.3, -0.25) is 0 Å². The first kappa shape index (κ1) is 13.9. The molecule has 0 bridgehead atoms. The standard InChI is InChI=1S/C16H10F3NS/c17-16(18,19)12-8-9-15(20-10-12)21-14-7-3-5-11-4-1-2-6-13(11)14/h1-10H. The summed E-state index contributed by atoms with van der Waals surface area (Å²) in [6.45, 7) is 0. The van der Waals surface area contributed by atoms with Crippen LogP contribution in [0.2, 0.25) is 0 Å². The van der Waals surface area contributed by atoms with Crippen LogP contribution in [0.1, 0.15) is 5.56 Å². The molecule has 0 aliphatic carbocycles. The van der Waals surface area contributed by atoms with Crippen molar-refractivity contribution in [1.29, 1.82) is 0 Å². The van der Waals surface area contributed by atoms with Crippen molar-refractivity contribution < 1.29 is 13.2 Å². The van der Waals surface area contributed by atoms with Gasteiger partial charge < -0.3 is 0 Å². The lowest BCUT2D eigenvalue weighted by Crippen LogP contribution is -2.04. The third-order valence-electron chi connectivity index (χ3n) is 3.03. The summed E-state index contributed by atoms with van der Waals surface area (Å²) in [5.41, 5.74) is -0.732. The highest BCUT2D eigenvalue weighted by Crippen LogP contribution is 2.34. The van der Waals surface area contributed by atoms with Crippen molar-refractivity contribution in [3.63, 3.8) is 0 Å². The molecule has 0 N–H and O–H groups in total. The molecule has 0 spiro atoms. The topological polar surface area (TPSA) is 12.9 Å². The highest BCUT2D eigenvalue weighted by Gasteiger charge is 2.30. The first-order valence-corrected chi connectivity index (χ1v) is 7.04. The van der Waals surface area contributed by atoms with Crippen LogP contribution in [0.3, 0.4) is 0 Å². The third-order valence-corrected chi connectivity index (χ3v) is 4.05. The highest BCUT2D eigenvalue weighted by molar-refractivity contribution is 7.99. The highest BCUT2D eigenvalue weighted by atomic mass is 32.2. The van der Waals surface area contributed by atoms with E-state index in [1.807, 2.05) is 42.5 Å². The molecule has 21 heavy (non-hydrogen) atoms. The number of benzene rings is 2. The third kappa shape index (κ3) is 3.03. The molecule has 0 radical (unpaired) electrons. The van der Waals surface area contributed by atoms with Gasteiger partial charge in [-0.15, -0.1) is 0 Å². The fourth-order valence-corrected chi connectivity index (χ4v) is 2.91. The Morgan fingerprint density at radius 2 is 1.62 bits per heavy atom. The summed E-state index contributed by atoms with van der Waals surface area (Å²) in [6, 6.07) is 16.2. The van der Waals surface area contributed by atoms with Crippen LogP contribution >= 0.6 is 11.8 Å². The SMILES string of the molecule is FC(F)(F)c1ccc(Sc2cccc3ccccc23)nc1. The summed E-state index contributed by atoms with van der Waals surface area (Å²) in [5.74, 6) is 0. The number of pyridine rings is 1. The van der Waals surface area contributed by atoms with Crippen LogP contribution in [-0.2, 0) is 6.18 Å². The van der Waals surface area contributed by atoms with Crippen LogP contribution in [-0.4, -0.2) is 4.98 Å². The first-order chi connectivity index (χ1) is 10.0. The number of hydrogen-bond acceptors (Lipinski definition) is 2. The van der Waals surface area contributed by atoms with Crippen LogP contribution < -0.4 is 0 Å². The molecule has 0 fully saturated rings.